The second-order valence-electron chi connectivity index (χ2n) is 8.44. The molecule has 0 saturated carbocycles. The summed E-state index contributed by atoms with van der Waals surface area (Å²) in [5.74, 6) is -0.278. The van der Waals surface area contributed by atoms with Crippen LogP contribution < -0.4 is 11.3 Å². The lowest BCUT2D eigenvalue weighted by atomic mass is 10.00. The fourth-order valence-corrected chi connectivity index (χ4v) is 6.01. The van der Waals surface area contributed by atoms with Gasteiger partial charge < -0.3 is 55.6 Å². The third kappa shape index (κ3) is 6.22. The van der Waals surface area contributed by atoms with Crippen LogP contribution in [0.15, 0.2) is 11.1 Å². The monoisotopic (exact) mass is 605 g/mol. The number of aromatic nitrogens is 4. The zero-order chi connectivity index (χ0) is 28.9. The van der Waals surface area contributed by atoms with Crippen molar-refractivity contribution < 1.29 is 72.4 Å². The van der Waals surface area contributed by atoms with Crippen molar-refractivity contribution in [2.75, 3.05) is 18.9 Å². The predicted octanol–water partition coefficient (Wildman–Crippen LogP) is -4.63. The lowest BCUT2D eigenvalue weighted by Gasteiger charge is -2.39. The maximum absolute atomic E-state index is 12.3. The predicted molar refractivity (Wildman–Crippen MR) is 120 cm³/mol. The number of hydrogen-bond acceptors (Lipinski definition) is 17. The van der Waals surface area contributed by atoms with Gasteiger partial charge in [0.05, 0.1) is 19.5 Å². The van der Waals surface area contributed by atoms with Crippen molar-refractivity contribution in [2.45, 2.75) is 55.2 Å². The molecule has 2 unspecified atom stereocenters. The summed E-state index contributed by atoms with van der Waals surface area (Å²) in [6, 6.07) is 0. The number of phosphoric ester groups is 2. The third-order valence-corrected chi connectivity index (χ3v) is 8.36. The molecule has 220 valence electrons. The molecule has 21 nitrogen and oxygen atoms in total. The van der Waals surface area contributed by atoms with Crippen LogP contribution in [-0.4, -0.2) is 122 Å². The van der Waals surface area contributed by atoms with Crippen LogP contribution >= 0.6 is 15.6 Å². The van der Waals surface area contributed by atoms with Crippen LogP contribution in [0, 0.1) is 0 Å². The summed E-state index contributed by atoms with van der Waals surface area (Å²) >= 11 is 0. The van der Waals surface area contributed by atoms with Crippen LogP contribution in [0.3, 0.4) is 0 Å². The SMILES string of the molecule is Nc1nc2c(ncn2[C@H]2O[C@@H](COP(=O)(O)OP(=O)(O)O[C@H]3O[C@@H](CO)[C@H](O)[C@@H](O)[C@@H]3O)[C@H](O)[C@@H]2O)c(=O)[nH]1. The minimum atomic E-state index is -5.60. The summed E-state index contributed by atoms with van der Waals surface area (Å²) < 4.78 is 49.1. The van der Waals surface area contributed by atoms with Gasteiger partial charge in [-0.25, -0.2) is 14.1 Å². The Labute approximate surface area is 216 Å². The Morgan fingerprint density at radius 3 is 2.33 bits per heavy atom. The average Bonchev–Trinajstić information content (AvgIpc) is 3.38. The number of nitrogen functional groups attached to an aromatic ring is 1. The maximum atomic E-state index is 12.3. The largest absolute Gasteiger partial charge is 0.483 e. The Morgan fingerprint density at radius 2 is 1.67 bits per heavy atom. The number of nitrogens with zero attached hydrogens (tertiary/aromatic N) is 3. The number of phosphoric acid groups is 2. The number of ether oxygens (including phenoxy) is 2. The first-order chi connectivity index (χ1) is 18.1. The number of H-pyrrole nitrogens is 1. The van der Waals surface area contributed by atoms with Crippen molar-refractivity contribution in [1.29, 1.82) is 0 Å². The topological polar surface area (TPSA) is 332 Å². The zero-order valence-corrected chi connectivity index (χ0v) is 21.1. The number of hydrogen-bond donors (Lipinski definition) is 10. The van der Waals surface area contributed by atoms with Crippen LogP contribution in [0.5, 0.6) is 0 Å². The summed E-state index contributed by atoms with van der Waals surface area (Å²) in [6.07, 6.45) is -15.0. The smallest absolute Gasteiger partial charge is 0.394 e. The Bertz CT molecular complexity index is 1340. The summed E-state index contributed by atoms with van der Waals surface area (Å²) in [5.41, 5.74) is 4.54. The van der Waals surface area contributed by atoms with Gasteiger partial charge in [0.15, 0.2) is 23.7 Å². The standard InChI is InChI=1S/C16H25N5O16P2/c17-16-19-12-6(13(28)20-16)18-3-21(12)14-10(26)8(24)5(34-14)2-33-38(29,30)37-39(31,32)36-15-11(27)9(25)7(23)4(1-22)35-15/h3-5,7-11,14-15,22-27H,1-2H2,(H,29,30)(H,31,32)(H3,17,19,20,28)/t4-,5-,7-,8-,9+,10-,11-,14-,15+/m0/s1. The van der Waals surface area contributed by atoms with Crippen molar-refractivity contribution in [3.63, 3.8) is 0 Å². The number of rotatable bonds is 9. The molecule has 2 aliphatic rings. The zero-order valence-electron chi connectivity index (χ0n) is 19.3. The van der Waals surface area contributed by atoms with Gasteiger partial charge in [-0.2, -0.15) is 9.29 Å². The number of imidazole rings is 1. The van der Waals surface area contributed by atoms with Gasteiger partial charge >= 0.3 is 15.6 Å². The highest BCUT2D eigenvalue weighted by molar-refractivity contribution is 7.61. The molecule has 0 radical (unpaired) electrons. The quantitative estimate of drug-likeness (QED) is 0.120. The first-order valence-electron chi connectivity index (χ1n) is 10.9. The van der Waals surface area contributed by atoms with Crippen molar-refractivity contribution >= 4 is 32.8 Å². The summed E-state index contributed by atoms with van der Waals surface area (Å²) in [7, 11) is -11.1. The molecule has 11 atom stereocenters. The molecule has 0 bridgehead atoms. The number of aromatic amines is 1. The highest BCUT2D eigenvalue weighted by Gasteiger charge is 2.49. The number of aliphatic hydroxyl groups is 6. The van der Waals surface area contributed by atoms with Crippen LogP contribution in [0.1, 0.15) is 6.23 Å². The van der Waals surface area contributed by atoms with Crippen LogP contribution in [-0.2, 0) is 32.0 Å². The molecule has 2 saturated heterocycles. The molecule has 0 spiro atoms. The van der Waals surface area contributed by atoms with E-state index >= 15 is 0 Å². The van der Waals surface area contributed by atoms with Crippen molar-refractivity contribution in [3.8, 4) is 0 Å². The second-order valence-corrected chi connectivity index (χ2v) is 11.4. The molecular weight excluding hydrogens is 580 g/mol. The Morgan fingerprint density at radius 1 is 1.00 bits per heavy atom. The van der Waals surface area contributed by atoms with Gasteiger partial charge in [0, 0.05) is 0 Å². The van der Waals surface area contributed by atoms with E-state index < -0.39 is 89.7 Å². The molecule has 4 heterocycles. The molecule has 0 aromatic carbocycles. The minimum Gasteiger partial charge on any atom is -0.394 e. The molecule has 2 aromatic heterocycles. The number of aliphatic hydroxyl groups excluding tert-OH is 6. The molecule has 23 heteroatoms. The number of anilines is 1. The van der Waals surface area contributed by atoms with E-state index in [4.69, 9.17) is 20.3 Å². The lowest BCUT2D eigenvalue weighted by molar-refractivity contribution is -0.280. The van der Waals surface area contributed by atoms with Gasteiger partial charge in [0.1, 0.15) is 42.7 Å². The van der Waals surface area contributed by atoms with E-state index in [1.807, 2.05) is 0 Å². The van der Waals surface area contributed by atoms with Crippen LogP contribution in [0.2, 0.25) is 0 Å². The van der Waals surface area contributed by atoms with E-state index in [1.54, 1.807) is 0 Å². The second kappa shape index (κ2) is 11.2. The van der Waals surface area contributed by atoms with Gasteiger partial charge in [0.25, 0.3) is 5.56 Å². The van der Waals surface area contributed by atoms with Gasteiger partial charge in [0.2, 0.25) is 5.95 Å². The molecule has 2 fully saturated rings. The Balaban J connectivity index is 1.39. The first kappa shape index (κ1) is 30.1. The number of nitrogens with two attached hydrogens (primary N) is 1. The first-order valence-corrected chi connectivity index (χ1v) is 13.9. The minimum absolute atomic E-state index is 0.114. The molecular formula is C16H25N5O16P2. The van der Waals surface area contributed by atoms with E-state index in [1.165, 1.54) is 0 Å². The van der Waals surface area contributed by atoms with Crippen molar-refractivity contribution in [3.05, 3.63) is 16.7 Å². The van der Waals surface area contributed by atoms with Gasteiger partial charge in [-0.15, -0.1) is 0 Å². The Kier molecular flexibility index (Phi) is 8.60. The van der Waals surface area contributed by atoms with E-state index in [0.29, 0.717) is 0 Å². The van der Waals surface area contributed by atoms with Gasteiger partial charge in [-0.1, -0.05) is 0 Å². The lowest BCUT2D eigenvalue weighted by Crippen LogP contribution is -2.58. The summed E-state index contributed by atoms with van der Waals surface area (Å²) in [6.45, 7) is -1.89. The third-order valence-electron chi connectivity index (χ3n) is 5.76. The highest BCUT2D eigenvalue weighted by Crippen LogP contribution is 2.61. The highest BCUT2D eigenvalue weighted by atomic mass is 31.3. The maximum Gasteiger partial charge on any atom is 0.483 e. The average molecular weight is 605 g/mol. The van der Waals surface area contributed by atoms with E-state index in [0.717, 1.165) is 10.9 Å². The normalized spacial score (nSPS) is 36.6. The fourth-order valence-electron chi connectivity index (χ4n) is 3.85. The molecule has 2 aliphatic heterocycles. The number of nitrogens with one attached hydrogen (secondary N) is 1. The number of fused-ring (bicyclic) bond motifs is 1. The molecule has 0 aliphatic carbocycles. The molecule has 0 amide bonds. The van der Waals surface area contributed by atoms with Crippen LogP contribution in [0.4, 0.5) is 5.95 Å². The van der Waals surface area contributed by atoms with Gasteiger partial charge in [-0.3, -0.25) is 23.4 Å². The van der Waals surface area contributed by atoms with Crippen molar-refractivity contribution in [2.24, 2.45) is 0 Å². The molecule has 11 N–H and O–H groups in total. The fraction of sp³-hybridized carbons (Fsp3) is 0.688. The summed E-state index contributed by atoms with van der Waals surface area (Å²) in [5, 5.41) is 59.2. The van der Waals surface area contributed by atoms with Crippen molar-refractivity contribution in [1.82, 2.24) is 19.5 Å². The summed E-state index contributed by atoms with van der Waals surface area (Å²) in [4.78, 5) is 41.7. The molecule has 39 heavy (non-hydrogen) atoms. The molecule has 2 aromatic rings. The van der Waals surface area contributed by atoms with E-state index in [2.05, 4.69) is 28.3 Å². The molecule has 4 rings (SSSR count). The Hall–Kier alpha value is -1.91. The van der Waals surface area contributed by atoms with E-state index in [9.17, 15) is 49.2 Å². The van der Waals surface area contributed by atoms with Gasteiger partial charge in [-0.05, 0) is 0 Å². The van der Waals surface area contributed by atoms with E-state index in [-0.39, 0.29) is 17.1 Å². The van der Waals surface area contributed by atoms with Crippen LogP contribution in [0.25, 0.3) is 11.2 Å².